The van der Waals surface area contributed by atoms with Crippen LogP contribution in [0, 0.1) is 17.6 Å². The lowest BCUT2D eigenvalue weighted by atomic mass is 9.86. The van der Waals surface area contributed by atoms with Gasteiger partial charge >= 0.3 is 0 Å². The summed E-state index contributed by atoms with van der Waals surface area (Å²) in [4.78, 5) is 30.5. The van der Waals surface area contributed by atoms with Gasteiger partial charge in [0.1, 0.15) is 11.6 Å². The Morgan fingerprint density at radius 2 is 1.97 bits per heavy atom. The second kappa shape index (κ2) is 11.9. The number of hydrogen-bond donors (Lipinski definition) is 1. The molecule has 1 aliphatic carbocycles. The molecule has 196 valence electrons. The number of hydrogen-bond acceptors (Lipinski definition) is 6. The zero-order valence-electron chi connectivity index (χ0n) is 20.8. The molecule has 2 aliphatic rings. The first-order chi connectivity index (χ1) is 17.4. The topological polar surface area (TPSA) is 87.9 Å². The zero-order valence-corrected chi connectivity index (χ0v) is 20.8. The summed E-state index contributed by atoms with van der Waals surface area (Å²) < 4.78 is 37.7. The first kappa shape index (κ1) is 26.2. The highest BCUT2D eigenvalue weighted by molar-refractivity contribution is 5.94. The lowest BCUT2D eigenvalue weighted by molar-refractivity contribution is -0.138. The van der Waals surface area contributed by atoms with Crippen molar-refractivity contribution in [1.82, 2.24) is 20.3 Å². The third kappa shape index (κ3) is 6.10. The van der Waals surface area contributed by atoms with E-state index in [-0.39, 0.29) is 29.0 Å². The minimum absolute atomic E-state index is 0.0107. The standard InChI is InChI=1S/C26H34F2N4O4/c1-31(12-13-35-2)26(34)20-16-32(18-6-4-3-5-7-18)11-10-22(20)29-25(33)23-15-24(36-30-23)19-9-8-17(27)14-21(19)28/h8-9,14-15,18,20,22H,3-7,10-13,16H2,1-2H3,(H,29,33)/t20-,22-/m1/s1. The summed E-state index contributed by atoms with van der Waals surface area (Å²) in [6, 6.07) is 4.50. The number of nitrogens with one attached hydrogen (secondary N) is 1. The van der Waals surface area contributed by atoms with Crippen LogP contribution in [-0.2, 0) is 9.53 Å². The maximum atomic E-state index is 14.1. The van der Waals surface area contributed by atoms with Crippen molar-refractivity contribution >= 4 is 11.8 Å². The second-order valence-corrected chi connectivity index (χ2v) is 9.72. The summed E-state index contributed by atoms with van der Waals surface area (Å²) in [6.45, 7) is 2.27. The smallest absolute Gasteiger partial charge is 0.273 e. The van der Waals surface area contributed by atoms with Crippen molar-refractivity contribution in [2.75, 3.05) is 40.4 Å². The van der Waals surface area contributed by atoms with E-state index in [1.807, 2.05) is 0 Å². The van der Waals surface area contributed by atoms with Crippen LogP contribution >= 0.6 is 0 Å². The fourth-order valence-corrected chi connectivity index (χ4v) is 5.24. The Bertz CT molecular complexity index is 1060. The van der Waals surface area contributed by atoms with Crippen LogP contribution in [0.4, 0.5) is 8.78 Å². The van der Waals surface area contributed by atoms with Gasteiger partial charge in [-0.25, -0.2) is 8.78 Å². The molecular weight excluding hydrogens is 470 g/mol. The predicted molar refractivity (Wildman–Crippen MR) is 129 cm³/mol. The number of carbonyl (C=O) groups is 2. The molecule has 1 saturated heterocycles. The number of likely N-dealkylation sites (N-methyl/N-ethyl adjacent to an activating group) is 1. The lowest BCUT2D eigenvalue weighted by Gasteiger charge is -2.43. The number of nitrogens with zero attached hydrogens (tertiary/aromatic N) is 3. The molecule has 0 unspecified atom stereocenters. The van der Waals surface area contributed by atoms with Crippen LogP contribution < -0.4 is 5.32 Å². The van der Waals surface area contributed by atoms with Crippen molar-refractivity contribution in [3.63, 3.8) is 0 Å². The van der Waals surface area contributed by atoms with Gasteiger partial charge in [-0.05, 0) is 31.4 Å². The summed E-state index contributed by atoms with van der Waals surface area (Å²) in [5, 5.41) is 6.75. The van der Waals surface area contributed by atoms with Crippen LogP contribution in [0.5, 0.6) is 0 Å². The summed E-state index contributed by atoms with van der Waals surface area (Å²) in [6.07, 6.45) is 6.58. The molecule has 4 rings (SSSR count). The van der Waals surface area contributed by atoms with E-state index in [9.17, 15) is 18.4 Å². The lowest BCUT2D eigenvalue weighted by Crippen LogP contribution is -2.58. The number of ether oxygens (including phenoxy) is 1. The van der Waals surface area contributed by atoms with Gasteiger partial charge in [0, 0.05) is 58.0 Å². The molecule has 1 N–H and O–H groups in total. The summed E-state index contributed by atoms with van der Waals surface area (Å²) in [5.41, 5.74) is -0.0149. The average molecular weight is 505 g/mol. The van der Waals surface area contributed by atoms with Gasteiger partial charge in [0.15, 0.2) is 11.5 Å². The molecule has 10 heteroatoms. The number of piperidine rings is 1. The third-order valence-electron chi connectivity index (χ3n) is 7.32. The number of likely N-dealkylation sites (tertiary alicyclic amines) is 1. The molecule has 8 nitrogen and oxygen atoms in total. The van der Waals surface area contributed by atoms with Gasteiger partial charge in [0.25, 0.3) is 5.91 Å². The molecule has 0 bridgehead atoms. The Morgan fingerprint density at radius 1 is 1.19 bits per heavy atom. The molecule has 1 aliphatic heterocycles. The quantitative estimate of drug-likeness (QED) is 0.592. The maximum Gasteiger partial charge on any atom is 0.273 e. The van der Waals surface area contributed by atoms with Crippen LogP contribution in [0.25, 0.3) is 11.3 Å². The van der Waals surface area contributed by atoms with Crippen LogP contribution in [0.1, 0.15) is 49.0 Å². The number of amides is 2. The molecule has 1 aromatic carbocycles. The highest BCUT2D eigenvalue weighted by Crippen LogP contribution is 2.29. The van der Waals surface area contributed by atoms with E-state index in [0.29, 0.717) is 32.2 Å². The SMILES string of the molecule is COCCN(C)C(=O)[C@@H]1CN(C2CCCCC2)CC[C@H]1NC(=O)c1cc(-c2ccc(F)cc2F)on1. The van der Waals surface area contributed by atoms with Crippen LogP contribution in [-0.4, -0.2) is 79.3 Å². The van der Waals surface area contributed by atoms with Crippen LogP contribution in [0.2, 0.25) is 0 Å². The Morgan fingerprint density at radius 3 is 2.69 bits per heavy atom. The highest BCUT2D eigenvalue weighted by atomic mass is 19.1. The van der Waals surface area contributed by atoms with Gasteiger partial charge in [0.05, 0.1) is 18.1 Å². The summed E-state index contributed by atoms with van der Waals surface area (Å²) >= 11 is 0. The molecule has 1 aromatic heterocycles. The van der Waals surface area contributed by atoms with Crippen LogP contribution in [0.15, 0.2) is 28.8 Å². The normalized spacial score (nSPS) is 21.3. The molecule has 0 radical (unpaired) electrons. The van der Waals surface area contributed by atoms with Crippen molar-refractivity contribution in [1.29, 1.82) is 0 Å². The number of benzene rings is 1. The molecule has 2 atom stereocenters. The van der Waals surface area contributed by atoms with E-state index >= 15 is 0 Å². The van der Waals surface area contributed by atoms with Gasteiger partial charge in [-0.2, -0.15) is 0 Å². The first-order valence-electron chi connectivity index (χ1n) is 12.6. The molecular formula is C26H34F2N4O4. The molecule has 2 fully saturated rings. The van der Waals surface area contributed by atoms with Gasteiger partial charge < -0.3 is 19.5 Å². The van der Waals surface area contributed by atoms with Gasteiger partial charge in [0.2, 0.25) is 5.91 Å². The zero-order chi connectivity index (χ0) is 25.7. The predicted octanol–water partition coefficient (Wildman–Crippen LogP) is 3.48. The van der Waals surface area contributed by atoms with Gasteiger partial charge in [-0.15, -0.1) is 0 Å². The molecule has 2 aromatic rings. The summed E-state index contributed by atoms with van der Waals surface area (Å²) in [5.74, 6) is -2.44. The molecule has 2 heterocycles. The molecule has 36 heavy (non-hydrogen) atoms. The average Bonchev–Trinajstić information content (AvgIpc) is 3.38. The van der Waals surface area contributed by atoms with E-state index in [2.05, 4.69) is 15.4 Å². The van der Waals surface area contributed by atoms with Crippen molar-refractivity contribution in [3.05, 3.63) is 41.6 Å². The molecule has 2 amide bonds. The third-order valence-corrected chi connectivity index (χ3v) is 7.32. The van der Waals surface area contributed by atoms with E-state index in [0.717, 1.165) is 31.5 Å². The molecule has 0 spiro atoms. The minimum Gasteiger partial charge on any atom is -0.383 e. The van der Waals surface area contributed by atoms with Crippen molar-refractivity contribution in [2.45, 2.75) is 50.6 Å². The number of carbonyl (C=O) groups excluding carboxylic acids is 2. The first-order valence-corrected chi connectivity index (χ1v) is 12.6. The number of aromatic nitrogens is 1. The van der Waals surface area contributed by atoms with Gasteiger partial charge in [-0.3, -0.25) is 14.5 Å². The van der Waals surface area contributed by atoms with E-state index in [4.69, 9.17) is 9.26 Å². The number of rotatable bonds is 8. The Kier molecular flexibility index (Phi) is 8.68. The number of halogens is 2. The highest BCUT2D eigenvalue weighted by Gasteiger charge is 2.39. The fourth-order valence-electron chi connectivity index (χ4n) is 5.24. The minimum atomic E-state index is -0.807. The van der Waals surface area contributed by atoms with E-state index in [1.54, 1.807) is 19.1 Å². The largest absolute Gasteiger partial charge is 0.383 e. The summed E-state index contributed by atoms with van der Waals surface area (Å²) in [7, 11) is 3.34. The van der Waals surface area contributed by atoms with E-state index in [1.165, 1.54) is 31.4 Å². The van der Waals surface area contributed by atoms with E-state index < -0.39 is 23.5 Å². The number of methoxy groups -OCH3 is 1. The molecule has 1 saturated carbocycles. The maximum absolute atomic E-state index is 14.1. The Balaban J connectivity index is 1.48. The van der Waals surface area contributed by atoms with Crippen molar-refractivity contribution < 1.29 is 27.6 Å². The van der Waals surface area contributed by atoms with Crippen molar-refractivity contribution in [2.24, 2.45) is 5.92 Å². The second-order valence-electron chi connectivity index (χ2n) is 9.72. The Hall–Kier alpha value is -2.85. The Labute approximate surface area is 209 Å². The van der Waals surface area contributed by atoms with Gasteiger partial charge in [-0.1, -0.05) is 24.4 Å². The van der Waals surface area contributed by atoms with Crippen molar-refractivity contribution in [3.8, 4) is 11.3 Å². The monoisotopic (exact) mass is 504 g/mol. The van der Waals surface area contributed by atoms with Crippen LogP contribution in [0.3, 0.4) is 0 Å². The fraction of sp³-hybridized carbons (Fsp3) is 0.577.